The molecular weight excluding hydrogens is 284 g/mol. The summed E-state index contributed by atoms with van der Waals surface area (Å²) in [5.74, 6) is -2.08. The van der Waals surface area contributed by atoms with Gasteiger partial charge in [-0.05, 0) is 12.5 Å². The molecule has 0 aromatic heterocycles. The van der Waals surface area contributed by atoms with Crippen LogP contribution in [-0.2, 0) is 19.6 Å². The van der Waals surface area contributed by atoms with Crippen molar-refractivity contribution >= 4 is 21.9 Å². The number of rotatable bonds is 7. The minimum atomic E-state index is -3.49. The number of amides is 1. The van der Waals surface area contributed by atoms with Gasteiger partial charge in [-0.1, -0.05) is 30.3 Å². The lowest BCUT2D eigenvalue weighted by atomic mass is 10.1. The largest absolute Gasteiger partial charge is 0.479 e. The molecule has 110 valence electrons. The summed E-state index contributed by atoms with van der Waals surface area (Å²) in [6.07, 6.45) is 0. The molecule has 0 saturated carbocycles. The van der Waals surface area contributed by atoms with E-state index in [4.69, 9.17) is 5.11 Å². The lowest BCUT2D eigenvalue weighted by Gasteiger charge is -2.15. The molecule has 8 heteroatoms. The van der Waals surface area contributed by atoms with Crippen LogP contribution < -0.4 is 10.0 Å². The summed E-state index contributed by atoms with van der Waals surface area (Å²) in [6.45, 7) is 0.942. The lowest BCUT2D eigenvalue weighted by molar-refractivity contribution is -0.141. The number of carboxylic acid groups (broad SMARTS) is 1. The number of sulfonamides is 1. The molecular formula is C12H16N2O5S. The highest BCUT2D eigenvalue weighted by molar-refractivity contribution is 7.89. The van der Waals surface area contributed by atoms with Crippen LogP contribution in [0.5, 0.6) is 0 Å². The number of hydrogen-bond donors (Lipinski definition) is 3. The van der Waals surface area contributed by atoms with Crippen LogP contribution in [0.3, 0.4) is 0 Å². The van der Waals surface area contributed by atoms with E-state index in [-0.39, 0.29) is 5.75 Å². The molecule has 1 aromatic rings. The molecule has 0 bridgehead atoms. The third-order valence-electron chi connectivity index (χ3n) is 2.52. The Morgan fingerprint density at radius 1 is 1.25 bits per heavy atom. The molecule has 0 saturated heterocycles. The summed E-state index contributed by atoms with van der Waals surface area (Å²) in [5.41, 5.74) is 0.409. The van der Waals surface area contributed by atoms with Gasteiger partial charge >= 0.3 is 5.97 Å². The Labute approximate surface area is 117 Å². The van der Waals surface area contributed by atoms with Gasteiger partial charge in [0, 0.05) is 0 Å². The maximum atomic E-state index is 11.6. The van der Waals surface area contributed by atoms with Crippen LogP contribution in [0, 0.1) is 0 Å². The van der Waals surface area contributed by atoms with Crippen molar-refractivity contribution in [1.29, 1.82) is 0 Å². The first-order chi connectivity index (χ1) is 9.35. The summed E-state index contributed by atoms with van der Waals surface area (Å²) in [5, 5.41) is 11.4. The first kappa shape index (κ1) is 16.1. The molecule has 3 N–H and O–H groups in total. The van der Waals surface area contributed by atoms with Crippen LogP contribution in [0.1, 0.15) is 18.5 Å². The zero-order valence-corrected chi connectivity index (χ0v) is 11.7. The quantitative estimate of drug-likeness (QED) is 0.649. The van der Waals surface area contributed by atoms with Crippen molar-refractivity contribution in [3.63, 3.8) is 0 Å². The second kappa shape index (κ2) is 7.01. The number of nitrogens with one attached hydrogen (secondary N) is 2. The van der Waals surface area contributed by atoms with Gasteiger partial charge in [0.1, 0.15) is 0 Å². The number of carbonyl (C=O) groups is 2. The van der Waals surface area contributed by atoms with E-state index in [9.17, 15) is 18.0 Å². The molecule has 1 amide bonds. The first-order valence-electron chi connectivity index (χ1n) is 5.90. The number of hydrogen-bond acceptors (Lipinski definition) is 4. The molecule has 7 nitrogen and oxygen atoms in total. The van der Waals surface area contributed by atoms with Gasteiger partial charge in [0.05, 0.1) is 12.3 Å². The molecule has 1 aromatic carbocycles. The molecule has 1 atom stereocenters. The predicted octanol–water partition coefficient (Wildman–Crippen LogP) is -0.132. The summed E-state index contributed by atoms with van der Waals surface area (Å²) >= 11 is 0. The SMILES string of the molecule is CCS(=O)(=O)NCC(=O)N[C@@H](C(=O)O)c1ccccc1. The molecule has 0 aliphatic carbocycles. The monoisotopic (exact) mass is 300 g/mol. The molecule has 0 fully saturated rings. The van der Waals surface area contributed by atoms with Gasteiger partial charge in [-0.2, -0.15) is 0 Å². The van der Waals surface area contributed by atoms with E-state index >= 15 is 0 Å². The minimum absolute atomic E-state index is 0.151. The van der Waals surface area contributed by atoms with Gasteiger partial charge in [0.15, 0.2) is 6.04 Å². The fourth-order valence-electron chi connectivity index (χ4n) is 1.42. The van der Waals surface area contributed by atoms with Crippen molar-refractivity contribution in [2.45, 2.75) is 13.0 Å². The first-order valence-corrected chi connectivity index (χ1v) is 7.55. The highest BCUT2D eigenvalue weighted by Crippen LogP contribution is 2.12. The molecule has 0 unspecified atom stereocenters. The zero-order valence-electron chi connectivity index (χ0n) is 10.9. The van der Waals surface area contributed by atoms with E-state index < -0.39 is 34.5 Å². The van der Waals surface area contributed by atoms with E-state index in [1.165, 1.54) is 6.92 Å². The Morgan fingerprint density at radius 2 is 1.85 bits per heavy atom. The highest BCUT2D eigenvalue weighted by Gasteiger charge is 2.22. The van der Waals surface area contributed by atoms with E-state index in [0.29, 0.717) is 5.56 Å². The van der Waals surface area contributed by atoms with E-state index in [0.717, 1.165) is 0 Å². The maximum Gasteiger partial charge on any atom is 0.330 e. The molecule has 0 radical (unpaired) electrons. The van der Waals surface area contributed by atoms with Crippen molar-refractivity contribution in [1.82, 2.24) is 10.0 Å². The zero-order chi connectivity index (χ0) is 15.2. The summed E-state index contributed by atoms with van der Waals surface area (Å²) in [7, 11) is -3.49. The predicted molar refractivity (Wildman–Crippen MR) is 72.4 cm³/mol. The van der Waals surface area contributed by atoms with Crippen molar-refractivity contribution in [2.24, 2.45) is 0 Å². The summed E-state index contributed by atoms with van der Waals surface area (Å²) in [6, 6.07) is 6.94. The Kier molecular flexibility index (Phi) is 5.66. The Morgan fingerprint density at radius 3 is 2.35 bits per heavy atom. The smallest absolute Gasteiger partial charge is 0.330 e. The van der Waals surface area contributed by atoms with Crippen LogP contribution >= 0.6 is 0 Å². The number of aliphatic carboxylic acids is 1. The number of benzene rings is 1. The van der Waals surface area contributed by atoms with Crippen molar-refractivity contribution in [3.05, 3.63) is 35.9 Å². The summed E-state index contributed by atoms with van der Waals surface area (Å²) < 4.78 is 24.4. The van der Waals surface area contributed by atoms with Gasteiger partial charge in [0.2, 0.25) is 15.9 Å². The van der Waals surface area contributed by atoms with E-state index in [1.807, 2.05) is 0 Å². The fourth-order valence-corrected chi connectivity index (χ4v) is 1.98. The third kappa shape index (κ3) is 4.98. The van der Waals surface area contributed by atoms with E-state index in [2.05, 4.69) is 10.0 Å². The van der Waals surface area contributed by atoms with Crippen LogP contribution in [-0.4, -0.2) is 37.7 Å². The second-order valence-corrected chi connectivity index (χ2v) is 6.07. The molecule has 1 rings (SSSR count). The number of carboxylic acids is 1. The maximum absolute atomic E-state index is 11.6. The minimum Gasteiger partial charge on any atom is -0.479 e. The average molecular weight is 300 g/mol. The van der Waals surface area contributed by atoms with Gasteiger partial charge in [-0.15, -0.1) is 0 Å². The molecule has 0 spiro atoms. The molecule has 0 aliphatic heterocycles. The standard InChI is InChI=1S/C12H16N2O5S/c1-2-20(18,19)13-8-10(15)14-11(12(16)17)9-6-4-3-5-7-9/h3-7,11,13H,2,8H2,1H3,(H,14,15)(H,16,17)/t11-/m1/s1. The molecule has 0 aliphatic rings. The van der Waals surface area contributed by atoms with Gasteiger partial charge in [-0.25, -0.2) is 17.9 Å². The Hall–Kier alpha value is -1.93. The second-order valence-electron chi connectivity index (χ2n) is 3.97. The fraction of sp³-hybridized carbons (Fsp3) is 0.333. The van der Waals surface area contributed by atoms with Gasteiger partial charge in [0.25, 0.3) is 0 Å². The van der Waals surface area contributed by atoms with E-state index in [1.54, 1.807) is 30.3 Å². The van der Waals surface area contributed by atoms with Crippen molar-refractivity contribution < 1.29 is 23.1 Å². The normalized spacial score (nSPS) is 12.7. The van der Waals surface area contributed by atoms with Gasteiger partial charge in [-0.3, -0.25) is 4.79 Å². The Balaban J connectivity index is 2.68. The molecule has 20 heavy (non-hydrogen) atoms. The summed E-state index contributed by atoms with van der Waals surface area (Å²) in [4.78, 5) is 22.7. The van der Waals surface area contributed by atoms with Gasteiger partial charge < -0.3 is 10.4 Å². The highest BCUT2D eigenvalue weighted by atomic mass is 32.2. The van der Waals surface area contributed by atoms with Crippen molar-refractivity contribution in [2.75, 3.05) is 12.3 Å². The van der Waals surface area contributed by atoms with Crippen LogP contribution in [0.2, 0.25) is 0 Å². The van der Waals surface area contributed by atoms with Crippen LogP contribution in [0.25, 0.3) is 0 Å². The third-order valence-corrected chi connectivity index (χ3v) is 3.86. The molecule has 0 heterocycles. The van der Waals surface area contributed by atoms with Crippen molar-refractivity contribution in [3.8, 4) is 0 Å². The number of carbonyl (C=O) groups excluding carboxylic acids is 1. The average Bonchev–Trinajstić information content (AvgIpc) is 2.43. The topological polar surface area (TPSA) is 113 Å². The Bertz CT molecular complexity index is 571. The van der Waals surface area contributed by atoms with Crippen LogP contribution in [0.15, 0.2) is 30.3 Å². The lowest BCUT2D eigenvalue weighted by Crippen LogP contribution is -2.41. The van der Waals surface area contributed by atoms with Crippen LogP contribution in [0.4, 0.5) is 0 Å².